The van der Waals surface area contributed by atoms with Crippen LogP contribution in [-0.2, 0) is 20.9 Å². The summed E-state index contributed by atoms with van der Waals surface area (Å²) >= 11 is 6.16. The van der Waals surface area contributed by atoms with Gasteiger partial charge in [0, 0.05) is 17.1 Å². The van der Waals surface area contributed by atoms with Gasteiger partial charge in [-0.1, -0.05) is 59.6 Å². The molecule has 4 rings (SSSR count). The molecule has 2 amide bonds. The predicted octanol–water partition coefficient (Wildman–Crippen LogP) is 4.11. The minimum absolute atomic E-state index is 0.0220. The van der Waals surface area contributed by atoms with E-state index in [2.05, 4.69) is 5.32 Å². The lowest BCUT2D eigenvalue weighted by Gasteiger charge is -2.16. The summed E-state index contributed by atoms with van der Waals surface area (Å²) in [6.45, 7) is 1.88. The number of aryl methyl sites for hydroxylation is 1. The van der Waals surface area contributed by atoms with Crippen molar-refractivity contribution in [3.8, 4) is 0 Å². The highest BCUT2D eigenvalue weighted by Crippen LogP contribution is 2.24. The average molecular weight is 491 g/mol. The van der Waals surface area contributed by atoms with Crippen LogP contribution in [0.1, 0.15) is 38.3 Å². The second-order valence-electron chi connectivity index (χ2n) is 8.21. The summed E-state index contributed by atoms with van der Waals surface area (Å²) in [5.41, 5.74) is 2.88. The topological polar surface area (TPSA) is 92.8 Å². The minimum Gasteiger partial charge on any atom is -0.454 e. The van der Waals surface area contributed by atoms with E-state index in [0.717, 1.165) is 16.0 Å². The van der Waals surface area contributed by atoms with Crippen molar-refractivity contribution in [2.75, 3.05) is 11.5 Å². The molecule has 3 aromatic carbocycles. The number of Topliss-reactive ketones (excluding diaryl/α,β-unsaturated/α-hetero) is 1. The number of imide groups is 1. The van der Waals surface area contributed by atoms with Gasteiger partial charge in [-0.15, -0.1) is 0 Å². The second kappa shape index (κ2) is 10.6. The van der Waals surface area contributed by atoms with Crippen molar-refractivity contribution in [1.82, 2.24) is 5.32 Å². The molecule has 1 saturated heterocycles. The van der Waals surface area contributed by atoms with Gasteiger partial charge in [0.2, 0.25) is 5.91 Å². The molecule has 1 aliphatic heterocycles. The fourth-order valence-corrected chi connectivity index (χ4v) is 3.92. The Morgan fingerprint density at radius 2 is 1.63 bits per heavy atom. The molecule has 1 atom stereocenters. The first-order valence-electron chi connectivity index (χ1n) is 11.0. The molecular weight excluding hydrogens is 468 g/mol. The van der Waals surface area contributed by atoms with Gasteiger partial charge in [-0.05, 0) is 42.8 Å². The molecule has 1 heterocycles. The summed E-state index contributed by atoms with van der Waals surface area (Å²) in [5.74, 6) is -1.69. The third kappa shape index (κ3) is 5.65. The summed E-state index contributed by atoms with van der Waals surface area (Å²) in [5, 5.41) is 3.67. The molecular formula is C27H23ClN2O5. The van der Waals surface area contributed by atoms with Gasteiger partial charge in [0.1, 0.15) is 0 Å². The number of hydrogen-bond acceptors (Lipinski definition) is 6. The molecule has 1 unspecified atom stereocenters. The first-order valence-corrected chi connectivity index (χ1v) is 11.4. The molecule has 1 fully saturated rings. The van der Waals surface area contributed by atoms with E-state index in [1.807, 2.05) is 37.3 Å². The Bertz CT molecular complexity index is 1270. The normalized spacial score (nSPS) is 15.4. The third-order valence-corrected chi connectivity index (χ3v) is 6.08. The number of anilines is 1. The summed E-state index contributed by atoms with van der Waals surface area (Å²) in [7, 11) is 0. The fourth-order valence-electron chi connectivity index (χ4n) is 3.72. The largest absolute Gasteiger partial charge is 0.454 e. The van der Waals surface area contributed by atoms with E-state index >= 15 is 0 Å². The zero-order valence-electron chi connectivity index (χ0n) is 19.0. The molecule has 0 aliphatic carbocycles. The monoisotopic (exact) mass is 490 g/mol. The fraction of sp³-hybridized carbons (Fsp3) is 0.185. The number of carbonyl (C=O) groups excluding carboxylic acids is 4. The SMILES string of the molecule is Cc1ccc(C(=O)COC(=O)c2ccc(N3C(=O)CC(NCc4ccccc4Cl)C3=O)cc2)cc1. The lowest BCUT2D eigenvalue weighted by atomic mass is 10.1. The van der Waals surface area contributed by atoms with Crippen molar-refractivity contribution < 1.29 is 23.9 Å². The molecule has 0 bridgehead atoms. The van der Waals surface area contributed by atoms with Gasteiger partial charge in [0.15, 0.2) is 12.4 Å². The molecule has 0 saturated carbocycles. The highest BCUT2D eigenvalue weighted by atomic mass is 35.5. The Morgan fingerprint density at radius 3 is 2.31 bits per heavy atom. The van der Waals surface area contributed by atoms with E-state index in [-0.39, 0.29) is 36.2 Å². The van der Waals surface area contributed by atoms with E-state index in [0.29, 0.717) is 22.8 Å². The van der Waals surface area contributed by atoms with Gasteiger partial charge in [0.05, 0.1) is 23.7 Å². The van der Waals surface area contributed by atoms with E-state index in [4.69, 9.17) is 16.3 Å². The number of halogens is 1. The van der Waals surface area contributed by atoms with Crippen molar-refractivity contribution in [3.05, 3.63) is 100 Å². The number of carbonyl (C=O) groups is 4. The average Bonchev–Trinajstić information content (AvgIpc) is 3.15. The van der Waals surface area contributed by atoms with E-state index in [9.17, 15) is 19.2 Å². The van der Waals surface area contributed by atoms with Gasteiger partial charge in [0.25, 0.3) is 5.91 Å². The van der Waals surface area contributed by atoms with Crippen LogP contribution in [0.2, 0.25) is 5.02 Å². The molecule has 3 aromatic rings. The van der Waals surface area contributed by atoms with Crippen LogP contribution in [0, 0.1) is 6.92 Å². The lowest BCUT2D eigenvalue weighted by molar-refractivity contribution is -0.121. The summed E-state index contributed by atoms with van der Waals surface area (Å²) in [4.78, 5) is 51.1. The Morgan fingerprint density at radius 1 is 0.971 bits per heavy atom. The summed E-state index contributed by atoms with van der Waals surface area (Å²) < 4.78 is 5.13. The van der Waals surface area contributed by atoms with Crippen molar-refractivity contribution in [1.29, 1.82) is 0 Å². The number of nitrogens with one attached hydrogen (secondary N) is 1. The highest BCUT2D eigenvalue weighted by Gasteiger charge is 2.39. The van der Waals surface area contributed by atoms with Crippen molar-refractivity contribution in [2.45, 2.75) is 25.9 Å². The van der Waals surface area contributed by atoms with Gasteiger partial charge in [-0.3, -0.25) is 14.4 Å². The van der Waals surface area contributed by atoms with Gasteiger partial charge in [-0.2, -0.15) is 0 Å². The smallest absolute Gasteiger partial charge is 0.338 e. The molecule has 1 N–H and O–H groups in total. The Balaban J connectivity index is 1.35. The number of esters is 1. The number of hydrogen-bond donors (Lipinski definition) is 1. The molecule has 0 aromatic heterocycles. The zero-order valence-corrected chi connectivity index (χ0v) is 19.7. The van der Waals surface area contributed by atoms with Crippen molar-refractivity contribution in [3.63, 3.8) is 0 Å². The van der Waals surface area contributed by atoms with Crippen LogP contribution in [0.25, 0.3) is 0 Å². The quantitative estimate of drug-likeness (QED) is 0.290. The first-order chi connectivity index (χ1) is 16.8. The summed E-state index contributed by atoms with van der Waals surface area (Å²) in [6.07, 6.45) is 0.0220. The van der Waals surface area contributed by atoms with Crippen LogP contribution in [0.3, 0.4) is 0 Å². The Labute approximate surface area is 207 Å². The van der Waals surface area contributed by atoms with Crippen LogP contribution >= 0.6 is 11.6 Å². The molecule has 0 radical (unpaired) electrons. The van der Waals surface area contributed by atoms with Crippen LogP contribution in [0.15, 0.2) is 72.8 Å². The Kier molecular flexibility index (Phi) is 7.39. The van der Waals surface area contributed by atoms with Crippen molar-refractivity contribution >= 4 is 40.9 Å². The zero-order chi connectivity index (χ0) is 24.9. The molecule has 8 heteroatoms. The number of benzene rings is 3. The standard InChI is InChI=1S/C27H23ClN2O5/c1-17-6-8-18(9-7-17)24(31)16-35-27(34)19-10-12-21(13-11-19)30-25(32)14-23(26(30)33)29-15-20-4-2-3-5-22(20)28/h2-13,23,29H,14-16H2,1H3. The Hall–Kier alpha value is -3.81. The van der Waals surface area contributed by atoms with Crippen LogP contribution in [-0.4, -0.2) is 36.2 Å². The molecule has 1 aliphatic rings. The minimum atomic E-state index is -0.671. The van der Waals surface area contributed by atoms with Crippen molar-refractivity contribution in [2.24, 2.45) is 0 Å². The second-order valence-corrected chi connectivity index (χ2v) is 8.62. The maximum absolute atomic E-state index is 12.9. The maximum atomic E-state index is 12.9. The summed E-state index contributed by atoms with van der Waals surface area (Å²) in [6, 6.07) is 19.5. The number of rotatable bonds is 8. The van der Waals surface area contributed by atoms with E-state index in [1.165, 1.54) is 24.3 Å². The number of ketones is 1. The van der Waals surface area contributed by atoms with E-state index < -0.39 is 12.0 Å². The van der Waals surface area contributed by atoms with E-state index in [1.54, 1.807) is 18.2 Å². The third-order valence-electron chi connectivity index (χ3n) is 5.71. The molecule has 0 spiro atoms. The first kappa shape index (κ1) is 24.3. The maximum Gasteiger partial charge on any atom is 0.338 e. The number of nitrogens with zero attached hydrogens (tertiary/aromatic N) is 1. The molecule has 35 heavy (non-hydrogen) atoms. The van der Waals surface area contributed by atoms with Crippen LogP contribution < -0.4 is 10.2 Å². The van der Waals surface area contributed by atoms with Gasteiger partial charge >= 0.3 is 5.97 Å². The molecule has 7 nitrogen and oxygen atoms in total. The van der Waals surface area contributed by atoms with Crippen LogP contribution in [0.5, 0.6) is 0 Å². The molecule has 178 valence electrons. The van der Waals surface area contributed by atoms with Gasteiger partial charge < -0.3 is 10.1 Å². The predicted molar refractivity (Wildman–Crippen MR) is 131 cm³/mol. The lowest BCUT2D eigenvalue weighted by Crippen LogP contribution is -2.38. The van der Waals surface area contributed by atoms with Crippen LogP contribution in [0.4, 0.5) is 5.69 Å². The number of ether oxygens (including phenoxy) is 1. The number of amides is 2. The highest BCUT2D eigenvalue weighted by molar-refractivity contribution is 6.31. The van der Waals surface area contributed by atoms with Gasteiger partial charge in [-0.25, -0.2) is 9.69 Å².